The number of aromatic nitrogens is 3. The van der Waals surface area contributed by atoms with Crippen LogP contribution in [0.3, 0.4) is 0 Å². The lowest BCUT2D eigenvalue weighted by molar-refractivity contribution is 0.695. The molecular formula is C25H27N5S. The number of aryl methyl sites for hydroxylation is 3. The van der Waals surface area contributed by atoms with E-state index in [4.69, 9.17) is 15.7 Å². The molecule has 4 aromatic rings. The van der Waals surface area contributed by atoms with Gasteiger partial charge in [0.05, 0.1) is 5.39 Å². The topological polar surface area (TPSA) is 76.7 Å². The minimum atomic E-state index is 0.00607. The molecule has 0 unspecified atom stereocenters. The van der Waals surface area contributed by atoms with Crippen molar-refractivity contribution in [2.45, 2.75) is 45.1 Å². The number of nitrogens with two attached hydrogens (primary N) is 1. The second-order valence-electron chi connectivity index (χ2n) is 8.35. The molecule has 5 nitrogen and oxygen atoms in total. The van der Waals surface area contributed by atoms with Crippen LogP contribution in [0.4, 0.5) is 5.82 Å². The van der Waals surface area contributed by atoms with E-state index in [1.54, 1.807) is 12.4 Å². The van der Waals surface area contributed by atoms with Gasteiger partial charge in [-0.25, -0.2) is 9.97 Å². The summed E-state index contributed by atoms with van der Waals surface area (Å²) < 4.78 is 0. The van der Waals surface area contributed by atoms with Gasteiger partial charge in [0.1, 0.15) is 10.6 Å². The van der Waals surface area contributed by atoms with Gasteiger partial charge in [0.15, 0.2) is 5.82 Å². The van der Waals surface area contributed by atoms with Crippen molar-refractivity contribution < 1.29 is 0 Å². The van der Waals surface area contributed by atoms with Crippen LogP contribution in [0.5, 0.6) is 0 Å². The summed E-state index contributed by atoms with van der Waals surface area (Å²) in [6.45, 7) is 2.77. The molecule has 0 spiro atoms. The molecule has 6 heteroatoms. The zero-order valence-corrected chi connectivity index (χ0v) is 18.6. The number of hydrogen-bond donors (Lipinski definition) is 2. The maximum absolute atomic E-state index is 6.49. The van der Waals surface area contributed by atoms with Gasteiger partial charge in [0.25, 0.3) is 0 Å². The highest BCUT2D eigenvalue weighted by molar-refractivity contribution is 7.19. The fraction of sp³-hybridized carbons (Fsp3) is 0.320. The molecule has 3 N–H and O–H groups in total. The summed E-state index contributed by atoms with van der Waals surface area (Å²) in [4.78, 5) is 16.5. The summed E-state index contributed by atoms with van der Waals surface area (Å²) in [6.07, 6.45) is 9.15. The number of hydrogen-bond acceptors (Lipinski definition) is 6. The van der Waals surface area contributed by atoms with Crippen molar-refractivity contribution in [2.75, 3.05) is 11.9 Å². The zero-order valence-electron chi connectivity index (χ0n) is 17.8. The predicted octanol–water partition coefficient (Wildman–Crippen LogP) is 4.92. The zero-order chi connectivity index (χ0) is 21.2. The SMILES string of the molecule is Cc1ccc(C[C@@H](N)CNc2nc(-c3ccncc3)nc3sc4c(c23)CCCC4)cc1. The summed E-state index contributed by atoms with van der Waals surface area (Å²) in [5.74, 6) is 1.65. The first-order valence-electron chi connectivity index (χ1n) is 10.9. The smallest absolute Gasteiger partial charge is 0.163 e. The molecule has 1 aliphatic rings. The predicted molar refractivity (Wildman–Crippen MR) is 129 cm³/mol. The Balaban J connectivity index is 1.45. The molecule has 1 atom stereocenters. The van der Waals surface area contributed by atoms with Gasteiger partial charge < -0.3 is 11.1 Å². The molecule has 0 bridgehead atoms. The molecule has 3 aromatic heterocycles. The number of rotatable bonds is 6. The van der Waals surface area contributed by atoms with Crippen molar-refractivity contribution in [3.63, 3.8) is 0 Å². The van der Waals surface area contributed by atoms with Crippen LogP contribution >= 0.6 is 11.3 Å². The van der Waals surface area contributed by atoms with Gasteiger partial charge in [-0.05, 0) is 62.3 Å². The summed E-state index contributed by atoms with van der Waals surface area (Å²) in [5, 5.41) is 4.77. The summed E-state index contributed by atoms with van der Waals surface area (Å²) in [6, 6.07) is 12.5. The molecular weight excluding hydrogens is 402 g/mol. The average Bonchev–Trinajstić information content (AvgIpc) is 3.18. The van der Waals surface area contributed by atoms with Crippen molar-refractivity contribution >= 4 is 27.4 Å². The van der Waals surface area contributed by atoms with E-state index in [1.807, 2.05) is 23.5 Å². The second kappa shape index (κ2) is 8.73. The minimum Gasteiger partial charge on any atom is -0.368 e. The van der Waals surface area contributed by atoms with Gasteiger partial charge in [-0.1, -0.05) is 29.8 Å². The molecule has 0 saturated carbocycles. The fourth-order valence-corrected chi connectivity index (χ4v) is 5.50. The number of fused-ring (bicyclic) bond motifs is 3. The highest BCUT2D eigenvalue weighted by Gasteiger charge is 2.22. The Kier molecular flexibility index (Phi) is 5.66. The molecule has 0 amide bonds. The molecule has 1 aliphatic carbocycles. The van der Waals surface area contributed by atoms with Crippen LogP contribution in [-0.4, -0.2) is 27.5 Å². The van der Waals surface area contributed by atoms with E-state index < -0.39 is 0 Å². The molecule has 1 aromatic carbocycles. The Bertz CT molecular complexity index is 1180. The number of benzene rings is 1. The minimum absolute atomic E-state index is 0.00607. The van der Waals surface area contributed by atoms with Crippen LogP contribution in [0.15, 0.2) is 48.8 Å². The third kappa shape index (κ3) is 4.31. The quantitative estimate of drug-likeness (QED) is 0.455. The van der Waals surface area contributed by atoms with Gasteiger partial charge in [0, 0.05) is 35.4 Å². The van der Waals surface area contributed by atoms with Crippen LogP contribution in [0.25, 0.3) is 21.6 Å². The Hall–Kier alpha value is -2.83. The summed E-state index contributed by atoms with van der Waals surface area (Å²) in [7, 11) is 0. The van der Waals surface area contributed by atoms with E-state index in [1.165, 1.54) is 39.8 Å². The van der Waals surface area contributed by atoms with Crippen molar-refractivity contribution in [2.24, 2.45) is 5.73 Å². The van der Waals surface area contributed by atoms with Crippen LogP contribution < -0.4 is 11.1 Å². The molecule has 31 heavy (non-hydrogen) atoms. The largest absolute Gasteiger partial charge is 0.368 e. The molecule has 5 rings (SSSR count). The van der Waals surface area contributed by atoms with Gasteiger partial charge >= 0.3 is 0 Å². The Morgan fingerprint density at radius 2 is 1.81 bits per heavy atom. The van der Waals surface area contributed by atoms with Crippen LogP contribution in [0.1, 0.15) is 34.4 Å². The molecule has 0 fully saturated rings. The molecule has 158 valence electrons. The number of nitrogens with one attached hydrogen (secondary N) is 1. The van der Waals surface area contributed by atoms with Crippen LogP contribution in [-0.2, 0) is 19.3 Å². The average molecular weight is 430 g/mol. The normalized spacial score (nSPS) is 14.4. The highest BCUT2D eigenvalue weighted by atomic mass is 32.1. The molecule has 3 heterocycles. The molecule has 0 aliphatic heterocycles. The van der Waals surface area contributed by atoms with E-state index in [2.05, 4.69) is 41.5 Å². The molecule has 0 radical (unpaired) electrons. The first-order valence-corrected chi connectivity index (χ1v) is 11.8. The summed E-state index contributed by atoms with van der Waals surface area (Å²) in [5.41, 5.74) is 11.4. The van der Waals surface area contributed by atoms with Crippen LogP contribution in [0.2, 0.25) is 0 Å². The number of thiophene rings is 1. The van der Waals surface area contributed by atoms with Gasteiger partial charge in [-0.3, -0.25) is 4.98 Å². The van der Waals surface area contributed by atoms with E-state index in [9.17, 15) is 0 Å². The van der Waals surface area contributed by atoms with E-state index in [0.717, 1.165) is 41.3 Å². The maximum Gasteiger partial charge on any atom is 0.163 e. The summed E-state index contributed by atoms with van der Waals surface area (Å²) >= 11 is 1.82. The Morgan fingerprint density at radius 3 is 2.61 bits per heavy atom. The first-order chi connectivity index (χ1) is 15.2. The van der Waals surface area contributed by atoms with Gasteiger partial charge in [-0.15, -0.1) is 11.3 Å². The fourth-order valence-electron chi connectivity index (χ4n) is 4.24. The third-order valence-corrected chi connectivity index (χ3v) is 7.09. The van der Waals surface area contributed by atoms with Crippen molar-refractivity contribution in [1.29, 1.82) is 0 Å². The number of pyridine rings is 1. The lowest BCUT2D eigenvalue weighted by Gasteiger charge is -2.16. The van der Waals surface area contributed by atoms with Gasteiger partial charge in [0.2, 0.25) is 0 Å². The standard InChI is InChI=1S/C25H27N5S/c1-16-6-8-17(9-7-16)14-19(26)15-28-24-22-20-4-2-3-5-21(20)31-25(22)30-23(29-24)18-10-12-27-13-11-18/h6-13,19H,2-5,14-15,26H2,1H3,(H,28,29,30)/t19-/m1/s1. The highest BCUT2D eigenvalue weighted by Crippen LogP contribution is 2.39. The molecule has 0 saturated heterocycles. The number of nitrogens with zero attached hydrogens (tertiary/aromatic N) is 3. The monoisotopic (exact) mass is 429 g/mol. The van der Waals surface area contributed by atoms with Gasteiger partial charge in [-0.2, -0.15) is 0 Å². The second-order valence-corrected chi connectivity index (χ2v) is 9.44. The lowest BCUT2D eigenvalue weighted by atomic mass is 9.97. The van der Waals surface area contributed by atoms with E-state index in [-0.39, 0.29) is 6.04 Å². The Morgan fingerprint density at radius 1 is 1.03 bits per heavy atom. The van der Waals surface area contributed by atoms with Crippen molar-refractivity contribution in [3.05, 3.63) is 70.4 Å². The first kappa shape index (κ1) is 20.1. The van der Waals surface area contributed by atoms with Crippen molar-refractivity contribution in [1.82, 2.24) is 15.0 Å². The Labute approximate surface area is 186 Å². The lowest BCUT2D eigenvalue weighted by Crippen LogP contribution is -2.31. The van der Waals surface area contributed by atoms with E-state index >= 15 is 0 Å². The van der Waals surface area contributed by atoms with Crippen molar-refractivity contribution in [3.8, 4) is 11.4 Å². The van der Waals surface area contributed by atoms with E-state index in [0.29, 0.717) is 6.54 Å². The van der Waals surface area contributed by atoms with Crippen LogP contribution in [0, 0.1) is 6.92 Å². The number of anilines is 1. The third-order valence-electron chi connectivity index (χ3n) is 5.90. The maximum atomic E-state index is 6.49.